The molecule has 3 aromatic carbocycles. The number of ether oxygens (including phenoxy) is 1. The van der Waals surface area contributed by atoms with E-state index in [4.69, 9.17) is 4.74 Å². The summed E-state index contributed by atoms with van der Waals surface area (Å²) in [5.41, 5.74) is 2.59. The zero-order valence-electron chi connectivity index (χ0n) is 19.0. The van der Waals surface area contributed by atoms with Crippen LogP contribution in [0.3, 0.4) is 0 Å². The summed E-state index contributed by atoms with van der Waals surface area (Å²) < 4.78 is 6.65. The normalized spacial score (nSPS) is 10.5. The number of anilines is 1. The summed E-state index contributed by atoms with van der Waals surface area (Å²) in [4.78, 5) is 27.9. The number of hydrogen-bond acceptors (Lipinski definition) is 3. The summed E-state index contributed by atoms with van der Waals surface area (Å²) in [6, 6.07) is 22.5. The summed E-state index contributed by atoms with van der Waals surface area (Å²) >= 11 is 3.45. The van der Waals surface area contributed by atoms with Crippen molar-refractivity contribution in [2.75, 3.05) is 25.1 Å². The maximum absolute atomic E-state index is 13.4. The molecule has 6 heteroatoms. The van der Waals surface area contributed by atoms with Gasteiger partial charge < -0.3 is 15.0 Å². The van der Waals surface area contributed by atoms with Crippen LogP contribution in [0.25, 0.3) is 0 Å². The van der Waals surface area contributed by atoms with E-state index in [1.54, 1.807) is 37.4 Å². The van der Waals surface area contributed by atoms with E-state index in [1.807, 2.05) is 42.5 Å². The van der Waals surface area contributed by atoms with Crippen molar-refractivity contribution in [2.24, 2.45) is 0 Å². The predicted molar refractivity (Wildman–Crippen MR) is 136 cm³/mol. The first kappa shape index (κ1) is 24.5. The van der Waals surface area contributed by atoms with Crippen LogP contribution >= 0.6 is 15.9 Å². The Morgan fingerprint density at radius 2 is 1.70 bits per heavy atom. The number of unbranched alkanes of at least 4 members (excludes halogenated alkanes) is 1. The van der Waals surface area contributed by atoms with Crippen LogP contribution in [-0.2, 0) is 6.42 Å². The first-order chi connectivity index (χ1) is 16.0. The smallest absolute Gasteiger partial charge is 0.261 e. The summed E-state index contributed by atoms with van der Waals surface area (Å²) in [6.45, 7) is 3.14. The van der Waals surface area contributed by atoms with E-state index in [9.17, 15) is 9.59 Å². The molecule has 0 saturated carbocycles. The van der Waals surface area contributed by atoms with E-state index in [0.29, 0.717) is 35.7 Å². The second kappa shape index (κ2) is 12.2. The quantitative estimate of drug-likeness (QED) is 0.348. The van der Waals surface area contributed by atoms with Crippen LogP contribution in [0.4, 0.5) is 5.69 Å². The van der Waals surface area contributed by atoms with Crippen molar-refractivity contribution in [1.82, 2.24) is 5.32 Å². The van der Waals surface area contributed by atoms with Crippen molar-refractivity contribution >= 4 is 33.4 Å². The Hall–Kier alpha value is -3.12. The largest absolute Gasteiger partial charge is 0.493 e. The fourth-order valence-electron chi connectivity index (χ4n) is 3.43. The lowest BCUT2D eigenvalue weighted by Gasteiger charge is -2.22. The summed E-state index contributed by atoms with van der Waals surface area (Å²) in [7, 11) is 1.68. The third-order valence-corrected chi connectivity index (χ3v) is 5.78. The number of nitrogens with zero attached hydrogens (tertiary/aromatic N) is 1. The molecule has 1 N–H and O–H groups in total. The lowest BCUT2D eigenvalue weighted by molar-refractivity contribution is 0.0954. The van der Waals surface area contributed by atoms with Crippen molar-refractivity contribution in [2.45, 2.75) is 26.2 Å². The van der Waals surface area contributed by atoms with E-state index in [1.165, 1.54) is 4.90 Å². The van der Waals surface area contributed by atoms with Gasteiger partial charge in [-0.05, 0) is 48.7 Å². The molecule has 0 aliphatic heterocycles. The molecule has 0 unspecified atom stereocenters. The minimum atomic E-state index is -0.243. The average molecular weight is 509 g/mol. The predicted octanol–water partition coefficient (Wildman–Crippen LogP) is 5.88. The molecule has 3 aromatic rings. The van der Waals surface area contributed by atoms with Crippen molar-refractivity contribution in [3.05, 3.63) is 94.0 Å². The highest BCUT2D eigenvalue weighted by molar-refractivity contribution is 9.10. The number of amides is 2. The van der Waals surface area contributed by atoms with E-state index in [0.717, 1.165) is 29.3 Å². The average Bonchev–Trinajstić information content (AvgIpc) is 2.84. The monoisotopic (exact) mass is 508 g/mol. The van der Waals surface area contributed by atoms with Crippen molar-refractivity contribution in [3.8, 4) is 5.75 Å². The van der Waals surface area contributed by atoms with Crippen molar-refractivity contribution < 1.29 is 14.3 Å². The maximum atomic E-state index is 13.4. The van der Waals surface area contributed by atoms with E-state index in [2.05, 4.69) is 28.2 Å². The van der Waals surface area contributed by atoms with Crippen LogP contribution in [0.1, 0.15) is 46.0 Å². The van der Waals surface area contributed by atoms with Crippen LogP contribution in [0.5, 0.6) is 5.75 Å². The molecular formula is C27H29BrN2O3. The second-order valence-corrected chi connectivity index (χ2v) is 8.63. The molecule has 0 saturated heterocycles. The molecule has 0 heterocycles. The van der Waals surface area contributed by atoms with E-state index in [-0.39, 0.29) is 11.8 Å². The molecule has 0 spiro atoms. The molecule has 0 aliphatic carbocycles. The number of benzene rings is 3. The van der Waals surface area contributed by atoms with Crippen molar-refractivity contribution in [1.29, 1.82) is 0 Å². The van der Waals surface area contributed by atoms with Gasteiger partial charge in [-0.15, -0.1) is 0 Å². The van der Waals surface area contributed by atoms with Crippen LogP contribution < -0.4 is 15.0 Å². The zero-order chi connectivity index (χ0) is 23.6. The fourth-order valence-corrected chi connectivity index (χ4v) is 3.79. The Balaban J connectivity index is 1.76. The minimum Gasteiger partial charge on any atom is -0.493 e. The highest BCUT2D eigenvalue weighted by Crippen LogP contribution is 2.28. The Bertz CT molecular complexity index is 1090. The summed E-state index contributed by atoms with van der Waals surface area (Å²) in [5, 5.41) is 2.97. The first-order valence-electron chi connectivity index (χ1n) is 11.1. The molecule has 0 radical (unpaired) electrons. The van der Waals surface area contributed by atoms with Gasteiger partial charge in [0.05, 0.1) is 23.4 Å². The third-order valence-electron chi connectivity index (χ3n) is 5.28. The SMILES string of the molecule is CCCCOc1ccc(Br)cc1C(=O)N(C)c1ccccc1C(=O)NCCc1ccccc1. The topological polar surface area (TPSA) is 58.6 Å². The Kier molecular flexibility index (Phi) is 9.07. The number of carbonyl (C=O) groups is 2. The standard InChI is InChI=1S/C27H29BrN2O3/c1-3-4-18-33-25-15-14-21(28)19-23(25)27(32)30(2)24-13-9-8-12-22(24)26(31)29-17-16-20-10-6-5-7-11-20/h5-15,19H,3-4,16-18H2,1-2H3,(H,29,31). The van der Waals surface area contributed by atoms with Crippen LogP contribution in [0.2, 0.25) is 0 Å². The first-order valence-corrected chi connectivity index (χ1v) is 11.9. The molecule has 33 heavy (non-hydrogen) atoms. The molecule has 3 rings (SSSR count). The number of para-hydroxylation sites is 1. The number of rotatable bonds is 10. The minimum absolute atomic E-state index is 0.213. The molecule has 0 aromatic heterocycles. The van der Waals surface area contributed by atoms with E-state index >= 15 is 0 Å². The molecule has 2 amide bonds. The van der Waals surface area contributed by atoms with Gasteiger partial charge >= 0.3 is 0 Å². The Labute approximate surface area is 203 Å². The number of nitrogens with one attached hydrogen (secondary N) is 1. The highest BCUT2D eigenvalue weighted by atomic mass is 79.9. The van der Waals surface area contributed by atoms with Gasteiger partial charge in [0.2, 0.25) is 0 Å². The molecule has 0 atom stereocenters. The zero-order valence-corrected chi connectivity index (χ0v) is 20.6. The lowest BCUT2D eigenvalue weighted by atomic mass is 10.1. The summed E-state index contributed by atoms with van der Waals surface area (Å²) in [5.74, 6) is 0.0791. The number of hydrogen-bond donors (Lipinski definition) is 1. The van der Waals surface area contributed by atoms with Crippen molar-refractivity contribution in [3.63, 3.8) is 0 Å². The van der Waals surface area contributed by atoms with Gasteiger partial charge in [-0.25, -0.2) is 0 Å². The Morgan fingerprint density at radius 1 is 0.970 bits per heavy atom. The lowest BCUT2D eigenvalue weighted by Crippen LogP contribution is -2.31. The van der Waals surface area contributed by atoms with Crippen LogP contribution in [0, 0.1) is 0 Å². The molecule has 0 bridgehead atoms. The summed E-state index contributed by atoms with van der Waals surface area (Å²) in [6.07, 6.45) is 2.65. The van der Waals surface area contributed by atoms with Gasteiger partial charge in [-0.2, -0.15) is 0 Å². The van der Waals surface area contributed by atoms with Gasteiger partial charge in [-0.3, -0.25) is 9.59 Å². The molecular weight excluding hydrogens is 480 g/mol. The van der Waals surface area contributed by atoms with Gasteiger partial charge in [0.15, 0.2) is 0 Å². The van der Waals surface area contributed by atoms with E-state index < -0.39 is 0 Å². The van der Waals surface area contributed by atoms with Gasteiger partial charge in [0.25, 0.3) is 11.8 Å². The fraction of sp³-hybridized carbons (Fsp3) is 0.259. The van der Waals surface area contributed by atoms with Gasteiger partial charge in [-0.1, -0.05) is 71.7 Å². The number of halogens is 1. The maximum Gasteiger partial charge on any atom is 0.261 e. The number of carbonyl (C=O) groups excluding carboxylic acids is 2. The highest BCUT2D eigenvalue weighted by Gasteiger charge is 2.22. The van der Waals surface area contributed by atoms with Gasteiger partial charge in [0.1, 0.15) is 5.75 Å². The third kappa shape index (κ3) is 6.68. The van der Waals surface area contributed by atoms with Gasteiger partial charge in [0, 0.05) is 18.1 Å². The van der Waals surface area contributed by atoms with Crippen LogP contribution in [0.15, 0.2) is 77.3 Å². The molecule has 172 valence electrons. The Morgan fingerprint density at radius 3 is 2.45 bits per heavy atom. The molecule has 0 aliphatic rings. The second-order valence-electron chi connectivity index (χ2n) is 7.72. The molecule has 5 nitrogen and oxygen atoms in total. The van der Waals surface area contributed by atoms with Crippen LogP contribution in [-0.4, -0.2) is 32.0 Å². The molecule has 0 fully saturated rings.